The molecule has 0 saturated carbocycles. The third kappa shape index (κ3) is 2.23. The van der Waals surface area contributed by atoms with Gasteiger partial charge in [0.2, 0.25) is 0 Å². The maximum atomic E-state index is 6.10. The second-order valence-electron chi connectivity index (χ2n) is 6.23. The molecule has 2 aromatic rings. The van der Waals surface area contributed by atoms with Gasteiger partial charge in [-0.3, -0.25) is 9.88 Å². The molecule has 4 nitrogen and oxygen atoms in total. The standard InChI is InChI=1S/C17H22N4/c18-16-3-4-17(15-11-19-7-5-14(15)16)21-10-6-13(12-21)20-8-1-2-9-20/h3-5,7,11,13H,1-2,6,8-10,12,18H2. The first-order chi connectivity index (χ1) is 10.3. The van der Waals surface area contributed by atoms with Crippen molar-refractivity contribution in [2.45, 2.75) is 25.3 Å². The molecular weight excluding hydrogens is 260 g/mol. The van der Waals surface area contributed by atoms with Gasteiger partial charge in [-0.2, -0.15) is 0 Å². The lowest BCUT2D eigenvalue weighted by atomic mass is 10.1. The molecule has 2 saturated heterocycles. The van der Waals surface area contributed by atoms with Gasteiger partial charge < -0.3 is 10.6 Å². The lowest BCUT2D eigenvalue weighted by Crippen LogP contribution is -2.35. The Morgan fingerprint density at radius 3 is 2.76 bits per heavy atom. The van der Waals surface area contributed by atoms with E-state index in [1.165, 1.54) is 43.4 Å². The molecule has 4 rings (SSSR count). The highest BCUT2D eigenvalue weighted by atomic mass is 15.3. The number of likely N-dealkylation sites (tertiary alicyclic amines) is 1. The molecular formula is C17H22N4. The van der Waals surface area contributed by atoms with Crippen LogP contribution in [-0.4, -0.2) is 42.1 Å². The van der Waals surface area contributed by atoms with E-state index in [1.54, 1.807) is 0 Å². The van der Waals surface area contributed by atoms with Gasteiger partial charge in [-0.05, 0) is 50.6 Å². The van der Waals surface area contributed by atoms with Gasteiger partial charge in [0.05, 0.1) is 0 Å². The van der Waals surface area contributed by atoms with Crippen molar-refractivity contribution in [1.82, 2.24) is 9.88 Å². The van der Waals surface area contributed by atoms with Gasteiger partial charge in [0.25, 0.3) is 0 Å². The number of rotatable bonds is 2. The van der Waals surface area contributed by atoms with Crippen LogP contribution in [0.1, 0.15) is 19.3 Å². The van der Waals surface area contributed by atoms with E-state index in [4.69, 9.17) is 5.73 Å². The zero-order chi connectivity index (χ0) is 14.2. The van der Waals surface area contributed by atoms with Crippen molar-refractivity contribution in [3.63, 3.8) is 0 Å². The lowest BCUT2D eigenvalue weighted by Gasteiger charge is -2.25. The van der Waals surface area contributed by atoms with Gasteiger partial charge in [-0.15, -0.1) is 0 Å². The number of hydrogen-bond acceptors (Lipinski definition) is 4. The Hall–Kier alpha value is -1.81. The summed E-state index contributed by atoms with van der Waals surface area (Å²) in [4.78, 5) is 9.46. The second-order valence-corrected chi connectivity index (χ2v) is 6.23. The molecule has 3 heterocycles. The fourth-order valence-corrected chi connectivity index (χ4v) is 3.84. The largest absolute Gasteiger partial charge is 0.398 e. The first-order valence-corrected chi connectivity index (χ1v) is 7.94. The zero-order valence-corrected chi connectivity index (χ0v) is 12.3. The summed E-state index contributed by atoms with van der Waals surface area (Å²) in [6, 6.07) is 6.92. The van der Waals surface area contributed by atoms with Crippen LogP contribution in [0, 0.1) is 0 Å². The average Bonchev–Trinajstić information content (AvgIpc) is 3.19. The van der Waals surface area contributed by atoms with Gasteiger partial charge >= 0.3 is 0 Å². The lowest BCUT2D eigenvalue weighted by molar-refractivity contribution is 0.260. The van der Waals surface area contributed by atoms with Crippen LogP contribution in [0.25, 0.3) is 10.8 Å². The van der Waals surface area contributed by atoms with Gasteiger partial charge in [0.15, 0.2) is 0 Å². The van der Waals surface area contributed by atoms with Crippen LogP contribution in [0.4, 0.5) is 11.4 Å². The van der Waals surface area contributed by atoms with Crippen molar-refractivity contribution in [2.75, 3.05) is 36.8 Å². The minimum absolute atomic E-state index is 0.719. The summed E-state index contributed by atoms with van der Waals surface area (Å²) in [6.45, 7) is 4.83. The fraction of sp³-hybridized carbons (Fsp3) is 0.471. The smallest absolute Gasteiger partial charge is 0.0463 e. The minimum Gasteiger partial charge on any atom is -0.398 e. The maximum absolute atomic E-state index is 6.10. The zero-order valence-electron chi connectivity index (χ0n) is 12.3. The van der Waals surface area contributed by atoms with E-state index in [1.807, 2.05) is 24.5 Å². The Balaban J connectivity index is 1.64. The molecule has 2 aliphatic rings. The molecule has 0 radical (unpaired) electrons. The van der Waals surface area contributed by atoms with Crippen LogP contribution >= 0.6 is 0 Å². The summed E-state index contributed by atoms with van der Waals surface area (Å²) in [7, 11) is 0. The van der Waals surface area contributed by atoms with Gasteiger partial charge in [-0.1, -0.05) is 0 Å². The molecule has 0 spiro atoms. The highest BCUT2D eigenvalue weighted by Crippen LogP contribution is 2.33. The van der Waals surface area contributed by atoms with E-state index >= 15 is 0 Å². The molecule has 0 bridgehead atoms. The number of nitrogens with two attached hydrogens (primary N) is 1. The normalized spacial score (nSPS) is 23.2. The van der Waals surface area contributed by atoms with Crippen molar-refractivity contribution >= 4 is 22.1 Å². The van der Waals surface area contributed by atoms with Crippen molar-refractivity contribution in [1.29, 1.82) is 0 Å². The molecule has 2 N–H and O–H groups in total. The summed E-state index contributed by atoms with van der Waals surface area (Å²) >= 11 is 0. The Bertz CT molecular complexity index is 648. The molecule has 21 heavy (non-hydrogen) atoms. The highest BCUT2D eigenvalue weighted by Gasteiger charge is 2.29. The van der Waals surface area contributed by atoms with E-state index in [0.717, 1.165) is 30.2 Å². The second kappa shape index (κ2) is 5.19. The summed E-state index contributed by atoms with van der Waals surface area (Å²) in [5, 5.41) is 2.30. The molecule has 0 aliphatic carbocycles. The SMILES string of the molecule is Nc1ccc(N2CCC(N3CCCC3)C2)c2cnccc12. The quantitative estimate of drug-likeness (QED) is 0.860. The fourth-order valence-electron chi connectivity index (χ4n) is 3.84. The van der Waals surface area contributed by atoms with Crippen LogP contribution in [0.3, 0.4) is 0 Å². The van der Waals surface area contributed by atoms with E-state index in [2.05, 4.69) is 20.9 Å². The van der Waals surface area contributed by atoms with Gasteiger partial charge in [-0.25, -0.2) is 0 Å². The van der Waals surface area contributed by atoms with Gasteiger partial charge in [0.1, 0.15) is 0 Å². The summed E-state index contributed by atoms with van der Waals surface area (Å²) in [6.07, 6.45) is 7.77. The van der Waals surface area contributed by atoms with Gasteiger partial charge in [0, 0.05) is 53.7 Å². The minimum atomic E-state index is 0.719. The number of benzene rings is 1. The Labute approximate surface area is 125 Å². The monoisotopic (exact) mass is 282 g/mol. The Kier molecular flexibility index (Phi) is 3.19. The number of aromatic nitrogens is 1. The van der Waals surface area contributed by atoms with E-state index in [-0.39, 0.29) is 0 Å². The number of nitrogen functional groups attached to an aromatic ring is 1. The number of nitrogens with zero attached hydrogens (tertiary/aromatic N) is 3. The number of hydrogen-bond donors (Lipinski definition) is 1. The summed E-state index contributed by atoms with van der Waals surface area (Å²) in [5.41, 5.74) is 8.22. The maximum Gasteiger partial charge on any atom is 0.0463 e. The Morgan fingerprint density at radius 1 is 1.05 bits per heavy atom. The van der Waals surface area contributed by atoms with E-state index in [9.17, 15) is 0 Å². The first kappa shape index (κ1) is 12.9. The molecule has 1 aromatic heterocycles. The topological polar surface area (TPSA) is 45.4 Å². The van der Waals surface area contributed by atoms with Crippen LogP contribution in [0.15, 0.2) is 30.6 Å². The van der Waals surface area contributed by atoms with E-state index in [0.29, 0.717) is 0 Å². The predicted octanol–water partition coefficient (Wildman–Crippen LogP) is 2.49. The summed E-state index contributed by atoms with van der Waals surface area (Å²) in [5.74, 6) is 0. The number of fused-ring (bicyclic) bond motifs is 1. The van der Waals surface area contributed by atoms with Crippen molar-refractivity contribution in [2.24, 2.45) is 0 Å². The molecule has 1 aromatic carbocycles. The van der Waals surface area contributed by atoms with Crippen LogP contribution in [0.2, 0.25) is 0 Å². The molecule has 1 atom stereocenters. The molecule has 2 fully saturated rings. The van der Waals surface area contributed by atoms with Crippen molar-refractivity contribution in [3.05, 3.63) is 30.6 Å². The van der Waals surface area contributed by atoms with Crippen LogP contribution < -0.4 is 10.6 Å². The van der Waals surface area contributed by atoms with Crippen molar-refractivity contribution < 1.29 is 0 Å². The molecule has 4 heteroatoms. The Morgan fingerprint density at radius 2 is 1.90 bits per heavy atom. The third-order valence-corrected chi connectivity index (χ3v) is 4.99. The molecule has 2 aliphatic heterocycles. The van der Waals surface area contributed by atoms with Crippen LogP contribution in [-0.2, 0) is 0 Å². The number of pyridine rings is 1. The van der Waals surface area contributed by atoms with Crippen LogP contribution in [0.5, 0.6) is 0 Å². The molecule has 0 amide bonds. The third-order valence-electron chi connectivity index (χ3n) is 4.99. The molecule has 110 valence electrons. The molecule has 1 unspecified atom stereocenters. The highest BCUT2D eigenvalue weighted by molar-refractivity contribution is 6.00. The van der Waals surface area contributed by atoms with Crippen molar-refractivity contribution in [3.8, 4) is 0 Å². The van der Waals surface area contributed by atoms with E-state index < -0.39 is 0 Å². The average molecular weight is 282 g/mol. The number of anilines is 2. The first-order valence-electron chi connectivity index (χ1n) is 7.94. The summed E-state index contributed by atoms with van der Waals surface area (Å²) < 4.78 is 0. The predicted molar refractivity (Wildman–Crippen MR) is 87.6 cm³/mol.